The van der Waals surface area contributed by atoms with Crippen molar-refractivity contribution in [1.29, 1.82) is 0 Å². The van der Waals surface area contributed by atoms with E-state index in [9.17, 15) is 9.59 Å². The Balaban J connectivity index is 1.50. The molecule has 2 heterocycles. The molecule has 1 aromatic carbocycles. The second-order valence-corrected chi connectivity index (χ2v) is 5.99. The molecule has 0 fully saturated rings. The van der Waals surface area contributed by atoms with Gasteiger partial charge in [0.15, 0.2) is 23.9 Å². The number of fused-ring (bicyclic) bond motifs is 1. The van der Waals surface area contributed by atoms with Gasteiger partial charge in [-0.3, -0.25) is 20.4 Å². The zero-order valence-electron chi connectivity index (χ0n) is 15.7. The Morgan fingerprint density at radius 1 is 1.07 bits per heavy atom. The van der Waals surface area contributed by atoms with Gasteiger partial charge in [-0.05, 0) is 32.0 Å². The van der Waals surface area contributed by atoms with E-state index in [1.807, 2.05) is 19.9 Å². The number of aromatic nitrogens is 4. The number of para-hydroxylation sites is 2. The Morgan fingerprint density at radius 2 is 1.79 bits per heavy atom. The van der Waals surface area contributed by atoms with Crippen molar-refractivity contribution in [3.63, 3.8) is 0 Å². The van der Waals surface area contributed by atoms with Crippen molar-refractivity contribution in [3.8, 4) is 11.5 Å². The molecule has 3 rings (SSSR count). The van der Waals surface area contributed by atoms with Crippen LogP contribution in [0.2, 0.25) is 0 Å². The van der Waals surface area contributed by atoms with Crippen LogP contribution in [-0.4, -0.2) is 45.1 Å². The maximum atomic E-state index is 12.0. The summed E-state index contributed by atoms with van der Waals surface area (Å²) < 4.78 is 12.1. The summed E-state index contributed by atoms with van der Waals surface area (Å²) in [5, 5.41) is 4.25. The summed E-state index contributed by atoms with van der Waals surface area (Å²) in [5.74, 6) is 0.689. The van der Waals surface area contributed by atoms with Crippen molar-refractivity contribution in [2.75, 3.05) is 13.7 Å². The van der Waals surface area contributed by atoms with Crippen LogP contribution < -0.4 is 20.3 Å². The third-order valence-electron chi connectivity index (χ3n) is 3.75. The van der Waals surface area contributed by atoms with Gasteiger partial charge in [-0.2, -0.15) is 4.98 Å². The van der Waals surface area contributed by atoms with Crippen LogP contribution in [0.1, 0.15) is 17.2 Å². The van der Waals surface area contributed by atoms with E-state index in [2.05, 4.69) is 25.9 Å². The lowest BCUT2D eigenvalue weighted by molar-refractivity contribution is -0.129. The van der Waals surface area contributed by atoms with E-state index < -0.39 is 11.8 Å². The zero-order chi connectivity index (χ0) is 20.1. The molecule has 0 saturated heterocycles. The summed E-state index contributed by atoms with van der Waals surface area (Å²) in [6, 6.07) is 8.81. The normalized spacial score (nSPS) is 10.5. The zero-order valence-corrected chi connectivity index (χ0v) is 15.7. The summed E-state index contributed by atoms with van der Waals surface area (Å²) in [4.78, 5) is 32.4. The van der Waals surface area contributed by atoms with Crippen LogP contribution in [0.4, 0.5) is 0 Å². The van der Waals surface area contributed by atoms with Gasteiger partial charge < -0.3 is 9.47 Å². The smallest absolute Gasteiger partial charge is 0.276 e. The van der Waals surface area contributed by atoms with Gasteiger partial charge >= 0.3 is 0 Å². The summed E-state index contributed by atoms with van der Waals surface area (Å²) >= 11 is 0. The highest BCUT2D eigenvalue weighted by atomic mass is 16.5. The van der Waals surface area contributed by atoms with Crippen molar-refractivity contribution in [3.05, 3.63) is 47.5 Å². The predicted molar refractivity (Wildman–Crippen MR) is 98.7 cm³/mol. The maximum absolute atomic E-state index is 12.0. The van der Waals surface area contributed by atoms with Gasteiger partial charge in [0.2, 0.25) is 5.91 Å². The van der Waals surface area contributed by atoms with Gasteiger partial charge in [0.25, 0.3) is 11.7 Å². The Morgan fingerprint density at radius 3 is 2.54 bits per heavy atom. The van der Waals surface area contributed by atoms with E-state index in [1.54, 1.807) is 28.8 Å². The van der Waals surface area contributed by atoms with Crippen LogP contribution in [0.3, 0.4) is 0 Å². The molecular weight excluding hydrogens is 364 g/mol. The van der Waals surface area contributed by atoms with Gasteiger partial charge in [0.1, 0.15) is 0 Å². The van der Waals surface area contributed by atoms with E-state index in [4.69, 9.17) is 9.47 Å². The number of hydrogen-bond acceptors (Lipinski definition) is 7. The minimum atomic E-state index is -0.518. The topological polar surface area (TPSA) is 120 Å². The lowest BCUT2D eigenvalue weighted by atomic mass is 10.3. The lowest BCUT2D eigenvalue weighted by Gasteiger charge is -2.10. The molecule has 0 aliphatic rings. The molecule has 10 nitrogen and oxygen atoms in total. The molecule has 28 heavy (non-hydrogen) atoms. The second-order valence-electron chi connectivity index (χ2n) is 5.99. The molecule has 0 aliphatic heterocycles. The Bertz CT molecular complexity index is 1020. The van der Waals surface area contributed by atoms with E-state index in [0.29, 0.717) is 23.1 Å². The van der Waals surface area contributed by atoms with Crippen molar-refractivity contribution < 1.29 is 19.1 Å². The van der Waals surface area contributed by atoms with Crippen LogP contribution in [0.25, 0.3) is 5.78 Å². The molecule has 0 saturated carbocycles. The molecule has 2 aromatic heterocycles. The molecule has 2 N–H and O–H groups in total. The third-order valence-corrected chi connectivity index (χ3v) is 3.75. The van der Waals surface area contributed by atoms with Crippen LogP contribution in [0, 0.1) is 13.8 Å². The van der Waals surface area contributed by atoms with Crippen molar-refractivity contribution in [2.45, 2.75) is 20.3 Å². The summed E-state index contributed by atoms with van der Waals surface area (Å²) in [6.45, 7) is 3.45. The predicted octanol–water partition coefficient (Wildman–Crippen LogP) is 0.519. The van der Waals surface area contributed by atoms with E-state index >= 15 is 0 Å². The Kier molecular flexibility index (Phi) is 5.68. The monoisotopic (exact) mass is 384 g/mol. The molecule has 0 aliphatic carbocycles. The minimum absolute atomic E-state index is 0.102. The molecule has 0 radical (unpaired) electrons. The first kappa shape index (κ1) is 19.1. The van der Waals surface area contributed by atoms with Gasteiger partial charge in [-0.1, -0.05) is 12.1 Å². The highest BCUT2D eigenvalue weighted by Crippen LogP contribution is 2.25. The van der Waals surface area contributed by atoms with Gasteiger partial charge in [-0.15, -0.1) is 5.10 Å². The van der Waals surface area contributed by atoms with E-state index in [1.165, 1.54) is 7.11 Å². The fourth-order valence-electron chi connectivity index (χ4n) is 2.53. The van der Waals surface area contributed by atoms with Crippen LogP contribution in [0.15, 0.2) is 30.3 Å². The SMILES string of the molecule is COc1ccccc1OCC(=O)NNC(=O)Cc1nc2nc(C)cc(C)n2n1. The summed E-state index contributed by atoms with van der Waals surface area (Å²) in [7, 11) is 1.51. The second kappa shape index (κ2) is 8.33. The number of hydrazine groups is 1. The molecule has 0 spiro atoms. The molecule has 10 heteroatoms. The number of carbonyl (C=O) groups excluding carboxylic acids is 2. The lowest BCUT2D eigenvalue weighted by Crippen LogP contribution is -2.44. The first-order chi connectivity index (χ1) is 13.5. The Hall–Kier alpha value is -3.69. The highest BCUT2D eigenvalue weighted by molar-refractivity contribution is 5.83. The molecular formula is C18H20N6O4. The number of benzene rings is 1. The van der Waals surface area contributed by atoms with Crippen molar-refractivity contribution in [1.82, 2.24) is 30.4 Å². The van der Waals surface area contributed by atoms with E-state index in [-0.39, 0.29) is 13.0 Å². The average Bonchev–Trinajstić information content (AvgIpc) is 3.07. The number of aryl methyl sites for hydroxylation is 2. The van der Waals surface area contributed by atoms with Crippen LogP contribution >= 0.6 is 0 Å². The number of rotatable bonds is 6. The maximum Gasteiger partial charge on any atom is 0.276 e. The van der Waals surface area contributed by atoms with Gasteiger partial charge in [-0.25, -0.2) is 9.50 Å². The van der Waals surface area contributed by atoms with Crippen LogP contribution in [-0.2, 0) is 16.0 Å². The summed E-state index contributed by atoms with van der Waals surface area (Å²) in [5.41, 5.74) is 6.27. The van der Waals surface area contributed by atoms with Gasteiger partial charge in [0, 0.05) is 11.4 Å². The Labute approximate surface area is 160 Å². The molecule has 0 atom stereocenters. The molecule has 0 bridgehead atoms. The number of carbonyl (C=O) groups is 2. The third kappa shape index (κ3) is 4.53. The number of ether oxygens (including phenoxy) is 2. The largest absolute Gasteiger partial charge is 0.493 e. The minimum Gasteiger partial charge on any atom is -0.493 e. The van der Waals surface area contributed by atoms with Gasteiger partial charge in [0.05, 0.1) is 13.5 Å². The quantitative estimate of drug-likeness (QED) is 0.595. The molecule has 146 valence electrons. The number of nitrogens with zero attached hydrogens (tertiary/aromatic N) is 4. The first-order valence-electron chi connectivity index (χ1n) is 8.49. The molecule has 0 unspecified atom stereocenters. The fourth-order valence-corrected chi connectivity index (χ4v) is 2.53. The van der Waals surface area contributed by atoms with E-state index in [0.717, 1.165) is 11.4 Å². The fraction of sp³-hybridized carbons (Fsp3) is 0.278. The summed E-state index contributed by atoms with van der Waals surface area (Å²) in [6.07, 6.45) is -0.102. The number of methoxy groups -OCH3 is 1. The first-order valence-corrected chi connectivity index (χ1v) is 8.49. The molecule has 3 aromatic rings. The average molecular weight is 384 g/mol. The van der Waals surface area contributed by atoms with Crippen LogP contribution in [0.5, 0.6) is 11.5 Å². The number of amides is 2. The highest BCUT2D eigenvalue weighted by Gasteiger charge is 2.13. The van der Waals surface area contributed by atoms with Crippen molar-refractivity contribution in [2.24, 2.45) is 0 Å². The van der Waals surface area contributed by atoms with Crippen molar-refractivity contribution >= 4 is 17.6 Å². The number of hydrogen-bond donors (Lipinski definition) is 2. The standard InChI is InChI=1S/C18H20N6O4/c1-11-8-12(2)24-18(19-11)20-15(23-24)9-16(25)21-22-17(26)10-28-14-7-5-4-6-13(14)27-3/h4-8H,9-10H2,1-3H3,(H,21,25)(H,22,26). The molecule has 2 amide bonds. The number of nitrogens with one attached hydrogen (secondary N) is 2.